The zero-order valence-corrected chi connectivity index (χ0v) is 11.1. The smallest absolute Gasteiger partial charge is 0.203 e. The van der Waals surface area contributed by atoms with Gasteiger partial charge in [0.1, 0.15) is 5.69 Å². The van der Waals surface area contributed by atoms with Crippen molar-refractivity contribution in [3.05, 3.63) is 24.2 Å². The van der Waals surface area contributed by atoms with E-state index in [1.807, 2.05) is 0 Å². The lowest BCUT2D eigenvalue weighted by molar-refractivity contribution is 0.324. The Hall–Kier alpha value is -2.21. The van der Waals surface area contributed by atoms with Crippen LogP contribution in [0.5, 0.6) is 17.2 Å². The number of oxazole rings is 1. The molecule has 0 aliphatic carbocycles. The first-order chi connectivity index (χ1) is 9.24. The Labute approximate surface area is 111 Å². The normalized spacial score (nSPS) is 10.3. The summed E-state index contributed by atoms with van der Waals surface area (Å²) in [5, 5.41) is 0. The lowest BCUT2D eigenvalue weighted by Crippen LogP contribution is -1.99. The largest absolute Gasteiger partial charge is 0.493 e. The first-order valence-electron chi connectivity index (χ1n) is 5.68. The van der Waals surface area contributed by atoms with E-state index in [2.05, 4.69) is 4.98 Å². The first kappa shape index (κ1) is 13.2. The first-order valence-corrected chi connectivity index (χ1v) is 5.68. The molecule has 6 heteroatoms. The molecule has 2 rings (SSSR count). The molecule has 0 aliphatic rings. The van der Waals surface area contributed by atoms with Crippen LogP contribution in [0.15, 0.2) is 22.9 Å². The quantitative estimate of drug-likeness (QED) is 0.887. The van der Waals surface area contributed by atoms with E-state index in [1.165, 1.54) is 6.39 Å². The Kier molecular flexibility index (Phi) is 3.91. The summed E-state index contributed by atoms with van der Waals surface area (Å²) in [6.45, 7) is 0.294. The molecule has 2 aromatic rings. The number of nitrogens with zero attached hydrogens (tertiary/aromatic N) is 1. The summed E-state index contributed by atoms with van der Waals surface area (Å²) in [5.74, 6) is 2.23. The van der Waals surface area contributed by atoms with E-state index in [1.54, 1.807) is 33.5 Å². The number of methoxy groups -OCH3 is 3. The molecule has 1 aromatic heterocycles. The Morgan fingerprint density at radius 2 is 1.74 bits per heavy atom. The van der Waals surface area contributed by atoms with Crippen molar-refractivity contribution in [2.24, 2.45) is 5.73 Å². The summed E-state index contributed by atoms with van der Waals surface area (Å²) in [7, 11) is 4.68. The van der Waals surface area contributed by atoms with E-state index in [0.29, 0.717) is 35.2 Å². The second-order valence-corrected chi connectivity index (χ2v) is 3.75. The van der Waals surface area contributed by atoms with Crippen LogP contribution in [-0.2, 0) is 6.54 Å². The maximum absolute atomic E-state index is 5.62. The highest BCUT2D eigenvalue weighted by molar-refractivity contribution is 5.69. The molecule has 0 amide bonds. The second kappa shape index (κ2) is 5.62. The topological polar surface area (TPSA) is 79.7 Å². The van der Waals surface area contributed by atoms with Crippen LogP contribution >= 0.6 is 0 Å². The maximum atomic E-state index is 5.62. The molecule has 19 heavy (non-hydrogen) atoms. The Balaban J connectivity index is 2.59. The minimum Gasteiger partial charge on any atom is -0.493 e. The van der Waals surface area contributed by atoms with E-state index in [0.717, 1.165) is 5.56 Å². The van der Waals surface area contributed by atoms with Gasteiger partial charge in [0, 0.05) is 12.1 Å². The lowest BCUT2D eigenvalue weighted by Gasteiger charge is -2.13. The van der Waals surface area contributed by atoms with Gasteiger partial charge in [-0.05, 0) is 12.1 Å². The predicted molar refractivity (Wildman–Crippen MR) is 69.5 cm³/mol. The highest BCUT2D eigenvalue weighted by atomic mass is 16.5. The molecule has 0 atom stereocenters. The molecule has 1 heterocycles. The van der Waals surface area contributed by atoms with E-state index in [4.69, 9.17) is 24.4 Å². The summed E-state index contributed by atoms with van der Waals surface area (Å²) in [6.07, 6.45) is 1.36. The van der Waals surface area contributed by atoms with E-state index in [-0.39, 0.29) is 0 Å². The van der Waals surface area contributed by atoms with Crippen molar-refractivity contribution >= 4 is 0 Å². The fraction of sp³-hybridized carbons (Fsp3) is 0.308. The van der Waals surface area contributed by atoms with Crippen LogP contribution in [0.1, 0.15) is 5.69 Å². The molecular weight excluding hydrogens is 248 g/mol. The van der Waals surface area contributed by atoms with Gasteiger partial charge in [0.25, 0.3) is 0 Å². The molecule has 0 fully saturated rings. The van der Waals surface area contributed by atoms with E-state index >= 15 is 0 Å². The van der Waals surface area contributed by atoms with Gasteiger partial charge in [-0.25, -0.2) is 4.98 Å². The average Bonchev–Trinajstić information content (AvgIpc) is 2.93. The van der Waals surface area contributed by atoms with Gasteiger partial charge in [-0.1, -0.05) is 0 Å². The number of nitrogens with two attached hydrogens (primary N) is 1. The van der Waals surface area contributed by atoms with Gasteiger partial charge in [-0.15, -0.1) is 0 Å². The molecular formula is C13H16N2O4. The summed E-state index contributed by atoms with van der Waals surface area (Å²) in [4.78, 5) is 4.06. The van der Waals surface area contributed by atoms with Gasteiger partial charge in [-0.3, -0.25) is 0 Å². The molecule has 2 N–H and O–H groups in total. The maximum Gasteiger partial charge on any atom is 0.203 e. The molecule has 102 valence electrons. The number of hydrogen-bond donors (Lipinski definition) is 1. The fourth-order valence-electron chi connectivity index (χ4n) is 1.86. The van der Waals surface area contributed by atoms with Gasteiger partial charge in [0.2, 0.25) is 5.75 Å². The SMILES string of the molecule is COc1cc(-c2ocnc2CN)cc(OC)c1OC. The number of rotatable bonds is 5. The third kappa shape index (κ3) is 2.34. The number of ether oxygens (including phenoxy) is 3. The fourth-order valence-corrected chi connectivity index (χ4v) is 1.86. The minimum atomic E-state index is 0.294. The summed E-state index contributed by atoms with van der Waals surface area (Å²) >= 11 is 0. The molecule has 0 bridgehead atoms. The lowest BCUT2D eigenvalue weighted by atomic mass is 10.1. The summed E-state index contributed by atoms with van der Waals surface area (Å²) in [6, 6.07) is 3.59. The van der Waals surface area contributed by atoms with Gasteiger partial charge in [0.05, 0.1) is 21.3 Å². The van der Waals surface area contributed by atoms with Crippen LogP contribution < -0.4 is 19.9 Å². The Morgan fingerprint density at radius 1 is 1.11 bits per heavy atom. The third-order valence-electron chi connectivity index (χ3n) is 2.76. The second-order valence-electron chi connectivity index (χ2n) is 3.75. The number of aromatic nitrogens is 1. The zero-order chi connectivity index (χ0) is 13.8. The van der Waals surface area contributed by atoms with Gasteiger partial charge < -0.3 is 24.4 Å². The summed E-state index contributed by atoms with van der Waals surface area (Å²) < 4.78 is 21.2. The molecule has 0 spiro atoms. The number of benzene rings is 1. The minimum absolute atomic E-state index is 0.294. The summed E-state index contributed by atoms with van der Waals surface area (Å²) in [5.41, 5.74) is 7.07. The zero-order valence-electron chi connectivity index (χ0n) is 11.1. The van der Waals surface area contributed by atoms with Crippen molar-refractivity contribution in [2.75, 3.05) is 21.3 Å². The van der Waals surface area contributed by atoms with Crippen LogP contribution in [0.2, 0.25) is 0 Å². The average molecular weight is 264 g/mol. The Morgan fingerprint density at radius 3 is 2.21 bits per heavy atom. The van der Waals surface area contributed by atoms with Crippen molar-refractivity contribution in [3.63, 3.8) is 0 Å². The molecule has 1 aromatic carbocycles. The molecule has 0 unspecified atom stereocenters. The third-order valence-corrected chi connectivity index (χ3v) is 2.76. The van der Waals surface area contributed by atoms with Gasteiger partial charge >= 0.3 is 0 Å². The van der Waals surface area contributed by atoms with Crippen LogP contribution in [0.4, 0.5) is 0 Å². The molecule has 0 saturated carbocycles. The van der Waals surface area contributed by atoms with Crippen LogP contribution in [0.3, 0.4) is 0 Å². The molecule has 6 nitrogen and oxygen atoms in total. The van der Waals surface area contributed by atoms with Crippen molar-refractivity contribution in [1.29, 1.82) is 0 Å². The molecule has 0 radical (unpaired) electrons. The van der Waals surface area contributed by atoms with Crippen molar-refractivity contribution in [2.45, 2.75) is 6.54 Å². The van der Waals surface area contributed by atoms with Crippen LogP contribution in [0.25, 0.3) is 11.3 Å². The Bertz CT molecular complexity index is 541. The highest BCUT2D eigenvalue weighted by Crippen LogP contribution is 2.41. The molecule has 0 aliphatic heterocycles. The van der Waals surface area contributed by atoms with Crippen LogP contribution in [-0.4, -0.2) is 26.3 Å². The van der Waals surface area contributed by atoms with Gasteiger partial charge in [0.15, 0.2) is 23.7 Å². The standard InChI is InChI=1S/C13H16N2O4/c1-16-10-4-8(5-11(17-2)13(10)18-3)12-9(6-14)15-7-19-12/h4-5,7H,6,14H2,1-3H3. The van der Waals surface area contributed by atoms with Crippen molar-refractivity contribution in [3.8, 4) is 28.6 Å². The monoisotopic (exact) mass is 264 g/mol. The number of hydrogen-bond acceptors (Lipinski definition) is 6. The highest BCUT2D eigenvalue weighted by Gasteiger charge is 2.17. The van der Waals surface area contributed by atoms with E-state index < -0.39 is 0 Å². The predicted octanol–water partition coefficient (Wildman–Crippen LogP) is 1.83. The van der Waals surface area contributed by atoms with Crippen LogP contribution in [0, 0.1) is 0 Å². The van der Waals surface area contributed by atoms with Gasteiger partial charge in [-0.2, -0.15) is 0 Å². The van der Waals surface area contributed by atoms with Crippen molar-refractivity contribution < 1.29 is 18.6 Å². The van der Waals surface area contributed by atoms with Crippen molar-refractivity contribution in [1.82, 2.24) is 4.98 Å². The molecule has 0 saturated heterocycles. The van der Waals surface area contributed by atoms with E-state index in [9.17, 15) is 0 Å².